The standard InChI is InChI=1S/C25H28ClN5O4/c1-4-23(33)30-9-10-31(16(2)32)21(14-30)18-12-19(29-22(26)13-18)17-5-8-27-20(11-17)24(34)28-15-25(35-3)6-7-25/h4-5,8,11-13,21H,1,6-7,9-10,14-15H2,2-3H3,(H,28,34)/t21-/m0/s1. The fourth-order valence-electron chi connectivity index (χ4n) is 4.27. The van der Waals surface area contributed by atoms with Crippen LogP contribution in [0.4, 0.5) is 0 Å². The number of aromatic nitrogens is 2. The van der Waals surface area contributed by atoms with E-state index in [0.717, 1.165) is 18.4 Å². The number of methoxy groups -OCH3 is 1. The molecule has 1 aliphatic heterocycles. The van der Waals surface area contributed by atoms with E-state index in [0.29, 0.717) is 37.4 Å². The summed E-state index contributed by atoms with van der Waals surface area (Å²) in [6, 6.07) is 6.53. The van der Waals surface area contributed by atoms with E-state index in [2.05, 4.69) is 21.9 Å². The fraction of sp³-hybridized carbons (Fsp3) is 0.400. The summed E-state index contributed by atoms with van der Waals surface area (Å²) in [6.45, 7) is 6.64. The van der Waals surface area contributed by atoms with Crippen molar-refractivity contribution in [2.75, 3.05) is 33.3 Å². The molecule has 0 aromatic carbocycles. The molecule has 2 fully saturated rings. The van der Waals surface area contributed by atoms with Gasteiger partial charge in [-0.1, -0.05) is 18.2 Å². The predicted octanol–water partition coefficient (Wildman–Crippen LogP) is 2.62. The summed E-state index contributed by atoms with van der Waals surface area (Å²) < 4.78 is 5.45. The van der Waals surface area contributed by atoms with Crippen LogP contribution in [0.3, 0.4) is 0 Å². The van der Waals surface area contributed by atoms with Gasteiger partial charge < -0.3 is 19.9 Å². The molecule has 10 heteroatoms. The first-order valence-electron chi connectivity index (χ1n) is 11.4. The summed E-state index contributed by atoms with van der Waals surface area (Å²) in [4.78, 5) is 49.3. The van der Waals surface area contributed by atoms with Gasteiger partial charge in [0.05, 0.1) is 17.3 Å². The molecule has 1 N–H and O–H groups in total. The third-order valence-corrected chi connectivity index (χ3v) is 6.77. The number of ether oxygens (including phenoxy) is 1. The third kappa shape index (κ3) is 5.52. The number of piperazine rings is 1. The topological polar surface area (TPSA) is 105 Å². The number of hydrogen-bond donors (Lipinski definition) is 1. The Balaban J connectivity index is 1.60. The maximum atomic E-state index is 12.7. The Bertz CT molecular complexity index is 1170. The minimum atomic E-state index is -0.391. The highest BCUT2D eigenvalue weighted by Crippen LogP contribution is 2.38. The Kier molecular flexibility index (Phi) is 7.18. The first kappa shape index (κ1) is 24.8. The largest absolute Gasteiger partial charge is 0.376 e. The van der Waals surface area contributed by atoms with E-state index in [-0.39, 0.29) is 34.2 Å². The van der Waals surface area contributed by atoms with Crippen LogP contribution in [-0.2, 0) is 14.3 Å². The third-order valence-electron chi connectivity index (χ3n) is 6.57. The quantitative estimate of drug-likeness (QED) is 0.465. The summed E-state index contributed by atoms with van der Waals surface area (Å²) in [6.07, 6.45) is 4.65. The van der Waals surface area contributed by atoms with Crippen LogP contribution < -0.4 is 5.32 Å². The number of rotatable bonds is 7. The van der Waals surface area contributed by atoms with Gasteiger partial charge in [0.25, 0.3) is 5.91 Å². The lowest BCUT2D eigenvalue weighted by molar-refractivity contribution is -0.139. The van der Waals surface area contributed by atoms with E-state index in [4.69, 9.17) is 16.3 Å². The maximum absolute atomic E-state index is 12.7. The number of amides is 3. The molecule has 2 aromatic heterocycles. The summed E-state index contributed by atoms with van der Waals surface area (Å²) in [7, 11) is 1.65. The molecule has 3 heterocycles. The van der Waals surface area contributed by atoms with Gasteiger partial charge in [0.15, 0.2) is 0 Å². The molecule has 0 spiro atoms. The van der Waals surface area contributed by atoms with Crippen molar-refractivity contribution in [3.05, 3.63) is 59.5 Å². The molecule has 0 radical (unpaired) electrons. The molecule has 2 aliphatic rings. The molecule has 3 amide bonds. The van der Waals surface area contributed by atoms with Gasteiger partial charge in [-0.25, -0.2) is 4.98 Å². The Labute approximate surface area is 209 Å². The first-order valence-corrected chi connectivity index (χ1v) is 11.8. The molecule has 0 bridgehead atoms. The van der Waals surface area contributed by atoms with Crippen LogP contribution in [0.25, 0.3) is 11.3 Å². The van der Waals surface area contributed by atoms with Gasteiger partial charge in [-0.15, -0.1) is 0 Å². The lowest BCUT2D eigenvalue weighted by Crippen LogP contribution is -2.51. The molecule has 0 unspecified atom stereocenters. The second kappa shape index (κ2) is 10.1. The van der Waals surface area contributed by atoms with Crippen molar-refractivity contribution in [3.63, 3.8) is 0 Å². The summed E-state index contributed by atoms with van der Waals surface area (Å²) in [5, 5.41) is 3.12. The summed E-state index contributed by atoms with van der Waals surface area (Å²) >= 11 is 6.38. The van der Waals surface area contributed by atoms with Gasteiger partial charge in [0.2, 0.25) is 11.8 Å². The Morgan fingerprint density at radius 2 is 2.06 bits per heavy atom. The lowest BCUT2D eigenvalue weighted by atomic mass is 10.0. The van der Waals surface area contributed by atoms with E-state index < -0.39 is 6.04 Å². The maximum Gasteiger partial charge on any atom is 0.269 e. The zero-order chi connectivity index (χ0) is 25.2. The van der Waals surface area contributed by atoms with Gasteiger partial charge in [-0.3, -0.25) is 19.4 Å². The van der Waals surface area contributed by atoms with Crippen LogP contribution in [0.2, 0.25) is 5.15 Å². The Hall–Kier alpha value is -3.30. The predicted molar refractivity (Wildman–Crippen MR) is 131 cm³/mol. The van der Waals surface area contributed by atoms with Gasteiger partial charge >= 0.3 is 0 Å². The molecule has 4 rings (SSSR count). The molecule has 1 saturated heterocycles. The van der Waals surface area contributed by atoms with Gasteiger partial charge in [0.1, 0.15) is 10.8 Å². The molecular formula is C25H28ClN5O4. The molecule has 1 aliphatic carbocycles. The monoisotopic (exact) mass is 497 g/mol. The second-order valence-corrected chi connectivity index (χ2v) is 9.21. The molecule has 2 aromatic rings. The number of nitrogens with one attached hydrogen (secondary N) is 1. The van der Waals surface area contributed by atoms with Crippen molar-refractivity contribution in [2.24, 2.45) is 0 Å². The van der Waals surface area contributed by atoms with E-state index >= 15 is 0 Å². The fourth-order valence-corrected chi connectivity index (χ4v) is 4.49. The molecule has 1 atom stereocenters. The molecule has 9 nitrogen and oxygen atoms in total. The Morgan fingerprint density at radius 3 is 2.71 bits per heavy atom. The highest BCUT2D eigenvalue weighted by Gasteiger charge is 2.43. The first-order chi connectivity index (χ1) is 16.7. The van der Waals surface area contributed by atoms with Crippen molar-refractivity contribution in [1.29, 1.82) is 0 Å². The number of halogens is 1. The van der Waals surface area contributed by atoms with E-state index in [1.807, 2.05) is 6.07 Å². The average molecular weight is 498 g/mol. The van der Waals surface area contributed by atoms with Gasteiger partial charge in [-0.05, 0) is 48.7 Å². The van der Waals surface area contributed by atoms with Crippen molar-refractivity contribution in [2.45, 2.75) is 31.4 Å². The van der Waals surface area contributed by atoms with Crippen LogP contribution >= 0.6 is 11.6 Å². The minimum absolute atomic E-state index is 0.0949. The summed E-state index contributed by atoms with van der Waals surface area (Å²) in [5.41, 5.74) is 1.93. The zero-order valence-electron chi connectivity index (χ0n) is 19.8. The Morgan fingerprint density at radius 1 is 1.29 bits per heavy atom. The van der Waals surface area contributed by atoms with E-state index in [1.54, 1.807) is 41.3 Å². The number of carbonyl (C=O) groups is 3. The number of nitrogens with zero attached hydrogens (tertiary/aromatic N) is 4. The average Bonchev–Trinajstić information content (AvgIpc) is 3.66. The highest BCUT2D eigenvalue weighted by atomic mass is 35.5. The number of pyridine rings is 2. The van der Waals surface area contributed by atoms with Crippen molar-refractivity contribution < 1.29 is 19.1 Å². The van der Waals surface area contributed by atoms with E-state index in [9.17, 15) is 14.4 Å². The molecular weight excluding hydrogens is 470 g/mol. The zero-order valence-corrected chi connectivity index (χ0v) is 20.5. The second-order valence-electron chi connectivity index (χ2n) is 8.82. The minimum Gasteiger partial charge on any atom is -0.376 e. The SMILES string of the molecule is C=CC(=O)N1CCN(C(C)=O)[C@H](c2cc(Cl)nc(-c3ccnc(C(=O)NCC4(OC)CC4)c3)c2)C1. The van der Waals surface area contributed by atoms with Crippen LogP contribution in [0.1, 0.15) is 41.9 Å². The lowest BCUT2D eigenvalue weighted by Gasteiger charge is -2.41. The van der Waals surface area contributed by atoms with Gasteiger partial charge in [-0.2, -0.15) is 0 Å². The van der Waals surface area contributed by atoms with Crippen molar-refractivity contribution >= 4 is 29.3 Å². The van der Waals surface area contributed by atoms with Crippen molar-refractivity contribution in [1.82, 2.24) is 25.1 Å². The number of hydrogen-bond acceptors (Lipinski definition) is 6. The molecule has 1 saturated carbocycles. The van der Waals surface area contributed by atoms with Crippen LogP contribution in [0.5, 0.6) is 0 Å². The molecule has 184 valence electrons. The smallest absolute Gasteiger partial charge is 0.269 e. The normalized spacial score (nSPS) is 18.7. The number of carbonyl (C=O) groups excluding carboxylic acids is 3. The molecule has 35 heavy (non-hydrogen) atoms. The van der Waals surface area contributed by atoms with E-state index in [1.165, 1.54) is 13.0 Å². The summed E-state index contributed by atoms with van der Waals surface area (Å²) in [5.74, 6) is -0.585. The van der Waals surface area contributed by atoms with Gasteiger partial charge in [0, 0.05) is 52.0 Å². The van der Waals surface area contributed by atoms with Crippen molar-refractivity contribution in [3.8, 4) is 11.3 Å². The van der Waals surface area contributed by atoms with Crippen LogP contribution in [0, 0.1) is 0 Å². The van der Waals surface area contributed by atoms with Crippen LogP contribution in [0.15, 0.2) is 43.1 Å². The highest BCUT2D eigenvalue weighted by molar-refractivity contribution is 6.29. The van der Waals surface area contributed by atoms with Crippen LogP contribution in [-0.4, -0.2) is 76.4 Å².